The Labute approximate surface area is 168 Å². The highest BCUT2D eigenvalue weighted by atomic mass is 16.3. The molecule has 3 aromatic heterocycles. The van der Waals surface area contributed by atoms with Crippen molar-refractivity contribution in [3.05, 3.63) is 73.6 Å². The molecule has 3 heterocycles. The van der Waals surface area contributed by atoms with Crippen LogP contribution in [0.2, 0.25) is 0 Å². The molecule has 0 fully saturated rings. The zero-order chi connectivity index (χ0) is 19.8. The number of nitrogens with zero attached hydrogens (tertiary/aromatic N) is 6. The second-order valence-electron chi connectivity index (χ2n) is 7.24. The van der Waals surface area contributed by atoms with E-state index in [2.05, 4.69) is 32.3 Å². The molecular weight excluding hydrogens is 364 g/mol. The molecule has 0 unspecified atom stereocenters. The number of aliphatic hydroxyl groups excluding tert-OH is 1. The third-order valence-corrected chi connectivity index (χ3v) is 5.12. The van der Waals surface area contributed by atoms with Crippen molar-refractivity contribution in [1.29, 1.82) is 0 Å². The highest BCUT2D eigenvalue weighted by Crippen LogP contribution is 2.27. The summed E-state index contributed by atoms with van der Waals surface area (Å²) in [4.78, 5) is 9.12. The van der Waals surface area contributed by atoms with Gasteiger partial charge in [0.15, 0.2) is 5.82 Å². The average Bonchev–Trinajstić information content (AvgIpc) is 3.49. The summed E-state index contributed by atoms with van der Waals surface area (Å²) in [6.07, 6.45) is 15.3. The molecule has 2 atom stereocenters. The summed E-state index contributed by atoms with van der Waals surface area (Å²) in [5, 5.41) is 18.3. The number of aryl methyl sites for hydroxylation is 1. The molecule has 1 aliphatic carbocycles. The Morgan fingerprint density at radius 2 is 1.62 bits per heavy atom. The number of allylic oxidation sites excluding steroid dienone is 1. The van der Waals surface area contributed by atoms with Crippen LogP contribution in [0.1, 0.15) is 12.5 Å². The van der Waals surface area contributed by atoms with Gasteiger partial charge in [-0.05, 0) is 11.6 Å². The first-order chi connectivity index (χ1) is 14.2. The first kappa shape index (κ1) is 17.5. The maximum atomic E-state index is 9.66. The molecular formula is C22H20N6O. The van der Waals surface area contributed by atoms with E-state index in [4.69, 9.17) is 0 Å². The Kier molecular flexibility index (Phi) is 4.29. The van der Waals surface area contributed by atoms with Crippen molar-refractivity contribution >= 4 is 0 Å². The fraction of sp³-hybridized carbons (Fsp3) is 0.182. The summed E-state index contributed by atoms with van der Waals surface area (Å²) in [6.45, 7) is 0. The Morgan fingerprint density at radius 1 is 0.862 bits per heavy atom. The van der Waals surface area contributed by atoms with Crippen LogP contribution in [0.4, 0.5) is 0 Å². The Balaban J connectivity index is 1.38. The largest absolute Gasteiger partial charge is 0.389 e. The lowest BCUT2D eigenvalue weighted by atomic mass is 10.1. The van der Waals surface area contributed by atoms with E-state index in [9.17, 15) is 5.11 Å². The maximum absolute atomic E-state index is 9.66. The van der Waals surface area contributed by atoms with Gasteiger partial charge in [-0.25, -0.2) is 9.97 Å². The van der Waals surface area contributed by atoms with Crippen molar-refractivity contribution in [2.75, 3.05) is 0 Å². The first-order valence-corrected chi connectivity index (χ1v) is 9.48. The normalized spacial score (nSPS) is 18.4. The lowest BCUT2D eigenvalue weighted by Crippen LogP contribution is -2.08. The van der Waals surface area contributed by atoms with Gasteiger partial charge in [-0.3, -0.25) is 9.36 Å². The lowest BCUT2D eigenvalue weighted by Gasteiger charge is -2.08. The minimum atomic E-state index is -0.391. The van der Waals surface area contributed by atoms with Crippen LogP contribution in [0.25, 0.3) is 33.6 Å². The summed E-state index contributed by atoms with van der Waals surface area (Å²) in [6, 6.07) is 8.22. The molecule has 0 saturated carbocycles. The predicted molar refractivity (Wildman–Crippen MR) is 110 cm³/mol. The molecule has 1 N–H and O–H groups in total. The first-order valence-electron chi connectivity index (χ1n) is 9.48. The minimum absolute atomic E-state index is 0.0918. The van der Waals surface area contributed by atoms with Crippen LogP contribution in [-0.2, 0) is 7.05 Å². The van der Waals surface area contributed by atoms with Gasteiger partial charge in [-0.1, -0.05) is 30.4 Å². The van der Waals surface area contributed by atoms with Gasteiger partial charge in [0.05, 0.1) is 24.5 Å². The van der Waals surface area contributed by atoms with Crippen LogP contribution in [0, 0.1) is 0 Å². The quantitative estimate of drug-likeness (QED) is 0.546. The second-order valence-corrected chi connectivity index (χ2v) is 7.24. The van der Waals surface area contributed by atoms with Gasteiger partial charge >= 0.3 is 0 Å². The Hall–Kier alpha value is -3.58. The predicted octanol–water partition coefficient (Wildman–Crippen LogP) is 3.27. The summed E-state index contributed by atoms with van der Waals surface area (Å²) in [5.74, 6) is 0.675. The van der Waals surface area contributed by atoms with Gasteiger partial charge < -0.3 is 5.11 Å². The van der Waals surface area contributed by atoms with Crippen LogP contribution in [0.15, 0.2) is 73.6 Å². The molecule has 0 spiro atoms. The topological polar surface area (TPSA) is 81.7 Å². The molecule has 5 rings (SSSR count). The van der Waals surface area contributed by atoms with Gasteiger partial charge in [-0.15, -0.1) is 0 Å². The lowest BCUT2D eigenvalue weighted by molar-refractivity contribution is 0.208. The Morgan fingerprint density at radius 3 is 2.34 bits per heavy atom. The van der Waals surface area contributed by atoms with Gasteiger partial charge in [0.2, 0.25) is 0 Å². The summed E-state index contributed by atoms with van der Waals surface area (Å²) in [7, 11) is 1.91. The molecule has 0 amide bonds. The minimum Gasteiger partial charge on any atom is -0.389 e. The van der Waals surface area contributed by atoms with Crippen molar-refractivity contribution < 1.29 is 5.11 Å². The molecule has 4 aromatic rings. The summed E-state index contributed by atoms with van der Waals surface area (Å²) < 4.78 is 3.66. The fourth-order valence-corrected chi connectivity index (χ4v) is 3.56. The molecule has 144 valence electrons. The van der Waals surface area contributed by atoms with Crippen molar-refractivity contribution in [3.8, 4) is 33.6 Å². The summed E-state index contributed by atoms with van der Waals surface area (Å²) >= 11 is 0. The van der Waals surface area contributed by atoms with Gasteiger partial charge in [0, 0.05) is 60.5 Å². The van der Waals surface area contributed by atoms with Crippen LogP contribution >= 0.6 is 0 Å². The van der Waals surface area contributed by atoms with Gasteiger partial charge in [0.1, 0.15) is 0 Å². The second kappa shape index (κ2) is 7.10. The van der Waals surface area contributed by atoms with Crippen LogP contribution in [0.5, 0.6) is 0 Å². The third kappa shape index (κ3) is 3.48. The molecule has 1 aliphatic rings. The van der Waals surface area contributed by atoms with E-state index in [1.165, 1.54) is 0 Å². The van der Waals surface area contributed by atoms with E-state index in [1.54, 1.807) is 10.9 Å². The number of hydrogen-bond acceptors (Lipinski definition) is 5. The third-order valence-electron chi connectivity index (χ3n) is 5.12. The number of aliphatic hydroxyl groups is 1. The summed E-state index contributed by atoms with van der Waals surface area (Å²) in [5.41, 5.74) is 4.96. The maximum Gasteiger partial charge on any atom is 0.159 e. The van der Waals surface area contributed by atoms with Crippen LogP contribution in [0.3, 0.4) is 0 Å². The van der Waals surface area contributed by atoms with Crippen LogP contribution in [-0.4, -0.2) is 40.7 Å². The molecule has 0 radical (unpaired) electrons. The van der Waals surface area contributed by atoms with Crippen molar-refractivity contribution in [2.24, 2.45) is 7.05 Å². The average molecular weight is 384 g/mol. The number of rotatable bonds is 4. The fourth-order valence-electron chi connectivity index (χ4n) is 3.56. The SMILES string of the molecule is Cn1cc(-c2cccc(-c3ncc(-c4cnn([C@H]5C=C[C@@H](O)C5)c4)cn3)c2)cn1. The molecule has 7 heteroatoms. The van der Waals surface area contributed by atoms with Crippen molar-refractivity contribution in [2.45, 2.75) is 18.6 Å². The standard InChI is InChI=1S/C22H20N6O/c1-27-13-18(11-25-27)15-3-2-4-16(7-15)22-23-9-17(10-24-22)19-12-26-28(14-19)20-5-6-21(29)8-20/h2-7,9-14,20-21,29H,8H2,1H3/t20-,21+/m0/s1. The highest BCUT2D eigenvalue weighted by Gasteiger charge is 2.19. The monoisotopic (exact) mass is 384 g/mol. The van der Waals surface area contributed by atoms with E-state index in [1.807, 2.05) is 67.0 Å². The van der Waals surface area contributed by atoms with E-state index in [0.29, 0.717) is 12.2 Å². The van der Waals surface area contributed by atoms with Crippen LogP contribution < -0.4 is 0 Å². The smallest absolute Gasteiger partial charge is 0.159 e. The van der Waals surface area contributed by atoms with E-state index < -0.39 is 6.10 Å². The van der Waals surface area contributed by atoms with Crippen molar-refractivity contribution in [3.63, 3.8) is 0 Å². The zero-order valence-corrected chi connectivity index (χ0v) is 15.9. The van der Waals surface area contributed by atoms with E-state index >= 15 is 0 Å². The number of aromatic nitrogens is 6. The molecule has 0 bridgehead atoms. The number of hydrogen-bond donors (Lipinski definition) is 1. The van der Waals surface area contributed by atoms with E-state index in [-0.39, 0.29) is 6.04 Å². The number of benzene rings is 1. The molecule has 0 saturated heterocycles. The molecule has 29 heavy (non-hydrogen) atoms. The van der Waals surface area contributed by atoms with E-state index in [0.717, 1.165) is 27.8 Å². The zero-order valence-electron chi connectivity index (χ0n) is 15.9. The molecule has 1 aromatic carbocycles. The van der Waals surface area contributed by atoms with Crippen molar-refractivity contribution in [1.82, 2.24) is 29.5 Å². The van der Waals surface area contributed by atoms with Gasteiger partial charge in [0.25, 0.3) is 0 Å². The molecule has 7 nitrogen and oxygen atoms in total. The van der Waals surface area contributed by atoms with Gasteiger partial charge in [-0.2, -0.15) is 10.2 Å². The molecule has 0 aliphatic heterocycles. The highest BCUT2D eigenvalue weighted by molar-refractivity contribution is 5.70. The Bertz CT molecular complexity index is 1170.